The highest BCUT2D eigenvalue weighted by molar-refractivity contribution is 4.61. The molecule has 2 nitrogen and oxygen atoms in total. The third-order valence-corrected chi connectivity index (χ3v) is 1.33. The lowest BCUT2D eigenvalue weighted by Gasteiger charge is -2.11. The van der Waals surface area contributed by atoms with Crippen LogP contribution >= 0.6 is 0 Å². The number of nitrogens with one attached hydrogen (secondary N) is 1. The Bertz CT molecular complexity index is 116. The molecule has 5 heteroatoms. The summed E-state index contributed by atoms with van der Waals surface area (Å²) in [7, 11) is 0. The normalized spacial score (nSPS) is 14.8. The fourth-order valence-corrected chi connectivity index (χ4v) is 0.816. The average Bonchev–Trinajstić information content (AvgIpc) is 1.84. The highest BCUT2D eigenvalue weighted by Crippen LogP contribution is 2.12. The van der Waals surface area contributed by atoms with Gasteiger partial charge in [0.15, 0.2) is 0 Å². The van der Waals surface area contributed by atoms with Crippen LogP contribution < -0.4 is 5.32 Å². The molecule has 0 aliphatic heterocycles. The minimum Gasteiger partial charge on any atom is -0.392 e. The molecule has 0 heterocycles. The molecule has 0 aliphatic rings. The second-order valence-electron chi connectivity index (χ2n) is 2.69. The molecular formula is C7H14F3NO. The Hall–Kier alpha value is -0.290. The second-order valence-corrected chi connectivity index (χ2v) is 2.69. The van der Waals surface area contributed by atoms with E-state index in [-0.39, 0.29) is 6.54 Å². The quantitative estimate of drug-likeness (QED) is 0.676. The topological polar surface area (TPSA) is 32.3 Å². The first-order valence-corrected chi connectivity index (χ1v) is 3.91. The Labute approximate surface area is 69.8 Å². The van der Waals surface area contributed by atoms with Gasteiger partial charge in [-0.2, -0.15) is 13.2 Å². The number of hydrogen-bond donors (Lipinski definition) is 2. The van der Waals surface area contributed by atoms with Gasteiger partial charge in [-0.3, -0.25) is 0 Å². The third-order valence-electron chi connectivity index (χ3n) is 1.33. The van der Waals surface area contributed by atoms with Gasteiger partial charge >= 0.3 is 6.18 Å². The lowest BCUT2D eigenvalue weighted by atomic mass is 10.2. The maximum Gasteiger partial charge on any atom is 0.401 e. The predicted molar refractivity (Wildman–Crippen MR) is 39.8 cm³/mol. The molecule has 2 N–H and O–H groups in total. The lowest BCUT2D eigenvalue weighted by molar-refractivity contribution is -0.125. The van der Waals surface area contributed by atoms with Crippen LogP contribution in [0.25, 0.3) is 0 Å². The molecule has 0 rings (SSSR count). The van der Waals surface area contributed by atoms with E-state index in [1.165, 1.54) is 0 Å². The molecule has 0 saturated heterocycles. The van der Waals surface area contributed by atoms with Gasteiger partial charge in [-0.1, -0.05) is 13.3 Å². The molecule has 0 saturated carbocycles. The van der Waals surface area contributed by atoms with Crippen LogP contribution in [0.2, 0.25) is 0 Å². The summed E-state index contributed by atoms with van der Waals surface area (Å²) in [5, 5.41) is 11.2. The highest BCUT2D eigenvalue weighted by atomic mass is 19.4. The standard InChI is InChI=1S/C7H14F3NO/c1-2-3-6(12)4-11-5-7(8,9)10/h6,11-12H,2-5H2,1H3. The molecule has 1 atom stereocenters. The molecule has 0 amide bonds. The van der Waals surface area contributed by atoms with Gasteiger partial charge in [0.1, 0.15) is 0 Å². The van der Waals surface area contributed by atoms with Gasteiger partial charge in [0.2, 0.25) is 0 Å². The van der Waals surface area contributed by atoms with Gasteiger partial charge in [-0.05, 0) is 6.42 Å². The zero-order chi connectivity index (χ0) is 9.61. The largest absolute Gasteiger partial charge is 0.401 e. The van der Waals surface area contributed by atoms with E-state index in [9.17, 15) is 13.2 Å². The van der Waals surface area contributed by atoms with Crippen molar-refractivity contribution in [3.63, 3.8) is 0 Å². The van der Waals surface area contributed by atoms with Gasteiger partial charge in [0.25, 0.3) is 0 Å². The second kappa shape index (κ2) is 5.37. The first-order valence-electron chi connectivity index (χ1n) is 3.91. The third kappa shape index (κ3) is 7.81. The van der Waals surface area contributed by atoms with Crippen molar-refractivity contribution >= 4 is 0 Å². The minimum absolute atomic E-state index is 0.00729. The average molecular weight is 185 g/mol. The lowest BCUT2D eigenvalue weighted by Crippen LogP contribution is -2.34. The molecule has 0 aromatic rings. The number of alkyl halides is 3. The SMILES string of the molecule is CCCC(O)CNCC(F)(F)F. The van der Waals surface area contributed by atoms with E-state index in [4.69, 9.17) is 5.11 Å². The molecule has 1 unspecified atom stereocenters. The summed E-state index contributed by atoms with van der Waals surface area (Å²) in [6.07, 6.45) is -3.55. The smallest absolute Gasteiger partial charge is 0.392 e. The van der Waals surface area contributed by atoms with Gasteiger partial charge in [-0.25, -0.2) is 0 Å². The monoisotopic (exact) mass is 185 g/mol. The Morgan fingerprint density at radius 2 is 2.00 bits per heavy atom. The molecule has 0 aromatic carbocycles. The van der Waals surface area contributed by atoms with Crippen molar-refractivity contribution in [1.82, 2.24) is 5.32 Å². The van der Waals surface area contributed by atoms with Crippen LogP contribution in [-0.4, -0.2) is 30.5 Å². The summed E-state index contributed by atoms with van der Waals surface area (Å²) < 4.78 is 34.6. The van der Waals surface area contributed by atoms with Crippen molar-refractivity contribution in [3.05, 3.63) is 0 Å². The van der Waals surface area contributed by atoms with Crippen molar-refractivity contribution in [2.24, 2.45) is 0 Å². The number of halogens is 3. The zero-order valence-corrected chi connectivity index (χ0v) is 6.99. The predicted octanol–water partition coefficient (Wildman–Crippen LogP) is 1.30. The summed E-state index contributed by atoms with van der Waals surface area (Å²) in [5.41, 5.74) is 0. The first-order chi connectivity index (χ1) is 5.45. The van der Waals surface area contributed by atoms with Crippen LogP contribution in [-0.2, 0) is 0 Å². The van der Waals surface area contributed by atoms with Crippen LogP contribution in [0.5, 0.6) is 0 Å². The van der Waals surface area contributed by atoms with E-state index in [2.05, 4.69) is 5.32 Å². The Kier molecular flexibility index (Phi) is 5.24. The van der Waals surface area contributed by atoms with E-state index in [1.54, 1.807) is 0 Å². The molecule has 0 aliphatic carbocycles. The Morgan fingerprint density at radius 1 is 1.42 bits per heavy atom. The highest BCUT2D eigenvalue weighted by Gasteiger charge is 2.26. The molecule has 12 heavy (non-hydrogen) atoms. The number of hydrogen-bond acceptors (Lipinski definition) is 2. The van der Waals surface area contributed by atoms with Crippen LogP contribution in [0.4, 0.5) is 13.2 Å². The maximum atomic E-state index is 11.5. The fraction of sp³-hybridized carbons (Fsp3) is 1.00. The summed E-state index contributed by atoms with van der Waals surface area (Å²) in [4.78, 5) is 0. The fourth-order valence-electron chi connectivity index (χ4n) is 0.816. The van der Waals surface area contributed by atoms with Crippen LogP contribution in [0, 0.1) is 0 Å². The molecule has 0 fully saturated rings. The van der Waals surface area contributed by atoms with E-state index >= 15 is 0 Å². The molecule has 0 spiro atoms. The molecular weight excluding hydrogens is 171 g/mol. The minimum atomic E-state index is -4.19. The van der Waals surface area contributed by atoms with Crippen molar-refractivity contribution in [2.45, 2.75) is 32.0 Å². The molecule has 0 aromatic heterocycles. The van der Waals surface area contributed by atoms with E-state index in [0.717, 1.165) is 6.42 Å². The number of aliphatic hydroxyl groups excluding tert-OH is 1. The van der Waals surface area contributed by atoms with Crippen LogP contribution in [0.3, 0.4) is 0 Å². The summed E-state index contributed by atoms with van der Waals surface area (Å²) >= 11 is 0. The van der Waals surface area contributed by atoms with Crippen molar-refractivity contribution in [1.29, 1.82) is 0 Å². The Balaban J connectivity index is 3.31. The number of aliphatic hydroxyl groups is 1. The first kappa shape index (κ1) is 11.7. The van der Waals surface area contributed by atoms with Gasteiger partial charge in [0.05, 0.1) is 12.6 Å². The van der Waals surface area contributed by atoms with E-state index < -0.39 is 18.8 Å². The van der Waals surface area contributed by atoms with E-state index in [1.807, 2.05) is 6.92 Å². The van der Waals surface area contributed by atoms with Crippen LogP contribution in [0.15, 0.2) is 0 Å². The van der Waals surface area contributed by atoms with E-state index in [0.29, 0.717) is 6.42 Å². The number of rotatable bonds is 5. The van der Waals surface area contributed by atoms with Crippen molar-refractivity contribution in [3.8, 4) is 0 Å². The van der Waals surface area contributed by atoms with Gasteiger partial charge < -0.3 is 10.4 Å². The van der Waals surface area contributed by atoms with Crippen molar-refractivity contribution in [2.75, 3.05) is 13.1 Å². The summed E-state index contributed by atoms with van der Waals surface area (Å²) in [6.45, 7) is 0.841. The molecule has 0 bridgehead atoms. The van der Waals surface area contributed by atoms with Gasteiger partial charge in [0, 0.05) is 6.54 Å². The van der Waals surface area contributed by atoms with Crippen molar-refractivity contribution < 1.29 is 18.3 Å². The van der Waals surface area contributed by atoms with Gasteiger partial charge in [-0.15, -0.1) is 0 Å². The molecule has 74 valence electrons. The Morgan fingerprint density at radius 3 is 2.42 bits per heavy atom. The van der Waals surface area contributed by atoms with Crippen LogP contribution in [0.1, 0.15) is 19.8 Å². The summed E-state index contributed by atoms with van der Waals surface area (Å²) in [6, 6.07) is 0. The summed E-state index contributed by atoms with van der Waals surface area (Å²) in [5.74, 6) is 0. The zero-order valence-electron chi connectivity index (χ0n) is 6.99. The molecule has 0 radical (unpaired) electrons. The maximum absolute atomic E-state index is 11.5.